The first-order valence-electron chi connectivity index (χ1n) is 4.92. The van der Waals surface area contributed by atoms with Crippen LogP contribution in [0.2, 0.25) is 5.02 Å². The second-order valence-electron chi connectivity index (χ2n) is 3.67. The molecule has 1 N–H and O–H groups in total. The Balaban J connectivity index is 2.31. The fourth-order valence-corrected chi connectivity index (χ4v) is 2.19. The van der Waals surface area contributed by atoms with Gasteiger partial charge in [-0.3, -0.25) is 0 Å². The molecule has 0 spiro atoms. The van der Waals surface area contributed by atoms with Crippen molar-refractivity contribution < 1.29 is 8.91 Å². The normalized spacial score (nSPS) is 13.6. The maximum absolute atomic E-state index is 13.3. The number of halogens is 2. The molecule has 0 fully saturated rings. The smallest absolute Gasteiger partial charge is 0.172 e. The maximum atomic E-state index is 13.3. The molecule has 2 aromatic rings. The van der Waals surface area contributed by atoms with E-state index in [4.69, 9.17) is 16.1 Å². The third-order valence-electron chi connectivity index (χ3n) is 2.64. The highest BCUT2D eigenvalue weighted by Crippen LogP contribution is 2.38. The number of benzene rings is 1. The van der Waals surface area contributed by atoms with E-state index >= 15 is 0 Å². The zero-order valence-corrected chi connectivity index (χ0v) is 9.01. The molecular weight excluding hydrogens is 231 g/mol. The maximum Gasteiger partial charge on any atom is 0.172 e. The highest BCUT2D eigenvalue weighted by atomic mass is 35.5. The molecule has 0 saturated heterocycles. The summed E-state index contributed by atoms with van der Waals surface area (Å²) in [5.74, 6) is 0.219. The molecule has 16 heavy (non-hydrogen) atoms. The van der Waals surface area contributed by atoms with Crippen LogP contribution in [0.15, 0.2) is 22.9 Å². The molecule has 1 aliphatic rings. The van der Waals surface area contributed by atoms with Gasteiger partial charge in [-0.1, -0.05) is 16.8 Å². The van der Waals surface area contributed by atoms with Crippen molar-refractivity contribution in [1.29, 1.82) is 0 Å². The van der Waals surface area contributed by atoms with Crippen molar-refractivity contribution in [2.45, 2.75) is 6.42 Å². The number of nitrogens with one attached hydrogen (secondary N) is 1. The van der Waals surface area contributed by atoms with Gasteiger partial charge in [0.1, 0.15) is 5.82 Å². The average molecular weight is 239 g/mol. The van der Waals surface area contributed by atoms with Gasteiger partial charge < -0.3 is 9.84 Å². The standard InChI is InChI=1S/C11H8ClFN2O/c12-9-4-7(13)3-8-10(9)14-2-1-6-5-15-16-11(6)8/h3-5,14H,1-2H2. The quantitative estimate of drug-likeness (QED) is 0.766. The number of nitrogens with zero attached hydrogens (tertiary/aromatic N) is 1. The zero-order chi connectivity index (χ0) is 11.1. The summed E-state index contributed by atoms with van der Waals surface area (Å²) in [5.41, 5.74) is 2.31. The first-order chi connectivity index (χ1) is 7.75. The third-order valence-corrected chi connectivity index (χ3v) is 2.94. The average Bonchev–Trinajstić information content (AvgIpc) is 2.62. The molecule has 2 heterocycles. The Kier molecular flexibility index (Phi) is 2.11. The Labute approximate surface area is 96.2 Å². The van der Waals surface area contributed by atoms with Gasteiger partial charge in [-0.15, -0.1) is 0 Å². The molecule has 3 nitrogen and oxygen atoms in total. The van der Waals surface area contributed by atoms with Crippen LogP contribution in [0.4, 0.5) is 10.1 Å². The number of anilines is 1. The Morgan fingerprint density at radius 3 is 3.19 bits per heavy atom. The molecular formula is C11H8ClFN2O. The van der Waals surface area contributed by atoms with Gasteiger partial charge in [0, 0.05) is 17.7 Å². The number of aromatic nitrogens is 1. The van der Waals surface area contributed by atoms with E-state index in [9.17, 15) is 4.39 Å². The van der Waals surface area contributed by atoms with E-state index in [2.05, 4.69) is 10.5 Å². The Bertz CT molecular complexity index is 553. The van der Waals surface area contributed by atoms with Crippen LogP contribution < -0.4 is 5.32 Å². The topological polar surface area (TPSA) is 38.1 Å². The van der Waals surface area contributed by atoms with Gasteiger partial charge in [-0.2, -0.15) is 0 Å². The van der Waals surface area contributed by atoms with Gasteiger partial charge in [-0.05, 0) is 18.6 Å². The summed E-state index contributed by atoms with van der Waals surface area (Å²) in [6, 6.07) is 2.69. The lowest BCUT2D eigenvalue weighted by atomic mass is 10.1. The lowest BCUT2D eigenvalue weighted by Crippen LogP contribution is -2.02. The molecule has 0 aliphatic carbocycles. The van der Waals surface area contributed by atoms with Crippen molar-refractivity contribution >= 4 is 17.3 Å². The second-order valence-corrected chi connectivity index (χ2v) is 4.07. The van der Waals surface area contributed by atoms with E-state index in [0.717, 1.165) is 18.5 Å². The van der Waals surface area contributed by atoms with Gasteiger partial charge in [-0.25, -0.2) is 4.39 Å². The van der Waals surface area contributed by atoms with Gasteiger partial charge in [0.25, 0.3) is 0 Å². The summed E-state index contributed by atoms with van der Waals surface area (Å²) in [5, 5.41) is 7.26. The van der Waals surface area contributed by atoms with E-state index in [1.54, 1.807) is 6.20 Å². The molecule has 0 unspecified atom stereocenters. The lowest BCUT2D eigenvalue weighted by molar-refractivity contribution is 0.431. The van der Waals surface area contributed by atoms with Crippen molar-refractivity contribution in [2.75, 3.05) is 11.9 Å². The van der Waals surface area contributed by atoms with Crippen LogP contribution in [0.1, 0.15) is 5.56 Å². The van der Waals surface area contributed by atoms with E-state index in [-0.39, 0.29) is 5.82 Å². The van der Waals surface area contributed by atoms with Gasteiger partial charge in [0.2, 0.25) is 0 Å². The molecule has 82 valence electrons. The molecule has 1 aliphatic heterocycles. The molecule has 0 atom stereocenters. The number of hydrogen-bond acceptors (Lipinski definition) is 3. The van der Waals surface area contributed by atoms with Crippen molar-refractivity contribution in [3.8, 4) is 11.3 Å². The Morgan fingerprint density at radius 1 is 1.44 bits per heavy atom. The molecule has 0 radical (unpaired) electrons. The molecule has 1 aromatic carbocycles. The molecule has 5 heteroatoms. The van der Waals surface area contributed by atoms with Crippen LogP contribution in [0, 0.1) is 5.82 Å². The van der Waals surface area contributed by atoms with Crippen molar-refractivity contribution in [1.82, 2.24) is 5.16 Å². The van der Waals surface area contributed by atoms with Gasteiger partial charge >= 0.3 is 0 Å². The van der Waals surface area contributed by atoms with Crippen molar-refractivity contribution in [3.05, 3.63) is 34.7 Å². The predicted molar refractivity (Wildman–Crippen MR) is 59.1 cm³/mol. The predicted octanol–water partition coefficient (Wildman–Crippen LogP) is 3.10. The van der Waals surface area contributed by atoms with Crippen LogP contribution in [0.3, 0.4) is 0 Å². The van der Waals surface area contributed by atoms with E-state index in [0.29, 0.717) is 22.0 Å². The molecule has 0 saturated carbocycles. The van der Waals surface area contributed by atoms with Crippen molar-refractivity contribution in [3.63, 3.8) is 0 Å². The fraction of sp³-hybridized carbons (Fsp3) is 0.182. The van der Waals surface area contributed by atoms with E-state index in [1.165, 1.54) is 12.1 Å². The molecule has 0 amide bonds. The third kappa shape index (κ3) is 1.38. The minimum Gasteiger partial charge on any atom is -0.383 e. The largest absolute Gasteiger partial charge is 0.383 e. The first kappa shape index (κ1) is 9.66. The van der Waals surface area contributed by atoms with Crippen molar-refractivity contribution in [2.24, 2.45) is 0 Å². The summed E-state index contributed by atoms with van der Waals surface area (Å²) in [4.78, 5) is 0. The molecule has 0 bridgehead atoms. The van der Waals surface area contributed by atoms with E-state index < -0.39 is 0 Å². The van der Waals surface area contributed by atoms with Crippen LogP contribution >= 0.6 is 11.6 Å². The minimum atomic E-state index is -0.380. The Morgan fingerprint density at radius 2 is 2.31 bits per heavy atom. The van der Waals surface area contributed by atoms with Crippen LogP contribution in [0.5, 0.6) is 0 Å². The highest BCUT2D eigenvalue weighted by Gasteiger charge is 2.21. The summed E-state index contributed by atoms with van der Waals surface area (Å²) in [7, 11) is 0. The highest BCUT2D eigenvalue weighted by molar-refractivity contribution is 6.34. The fourth-order valence-electron chi connectivity index (χ4n) is 1.91. The number of rotatable bonds is 0. The second kappa shape index (κ2) is 3.49. The summed E-state index contributed by atoms with van der Waals surface area (Å²) < 4.78 is 18.5. The monoisotopic (exact) mass is 238 g/mol. The van der Waals surface area contributed by atoms with Gasteiger partial charge in [0.15, 0.2) is 5.76 Å². The summed E-state index contributed by atoms with van der Waals surface area (Å²) in [6.07, 6.45) is 2.44. The number of fused-ring (bicyclic) bond motifs is 3. The number of hydrogen-bond donors (Lipinski definition) is 1. The SMILES string of the molecule is Fc1cc(Cl)c2c(c1)-c1oncc1CCN2. The first-order valence-corrected chi connectivity index (χ1v) is 5.30. The molecule has 1 aromatic heterocycles. The van der Waals surface area contributed by atoms with Crippen LogP contribution in [0.25, 0.3) is 11.3 Å². The lowest BCUT2D eigenvalue weighted by Gasteiger charge is -2.08. The van der Waals surface area contributed by atoms with E-state index in [1.807, 2.05) is 0 Å². The van der Waals surface area contributed by atoms with Gasteiger partial charge in [0.05, 0.1) is 16.9 Å². The summed E-state index contributed by atoms with van der Waals surface area (Å²) >= 11 is 5.99. The zero-order valence-electron chi connectivity index (χ0n) is 8.26. The Hall–Kier alpha value is -1.55. The molecule has 3 rings (SSSR count). The van der Waals surface area contributed by atoms with Crippen LogP contribution in [-0.4, -0.2) is 11.7 Å². The summed E-state index contributed by atoms with van der Waals surface area (Å²) in [6.45, 7) is 0.729. The minimum absolute atomic E-state index is 0.360. The van der Waals surface area contributed by atoms with Crippen LogP contribution in [-0.2, 0) is 6.42 Å².